The van der Waals surface area contributed by atoms with Gasteiger partial charge in [0.05, 0.1) is 11.6 Å². The van der Waals surface area contributed by atoms with E-state index in [1.165, 1.54) is 4.90 Å². The minimum Gasteiger partial charge on any atom is -0.481 e. The second-order valence-corrected chi connectivity index (χ2v) is 6.68. The summed E-state index contributed by atoms with van der Waals surface area (Å²) in [6, 6.07) is 16.2. The lowest BCUT2D eigenvalue weighted by atomic mass is 9.99. The molecule has 2 aromatic rings. The second kappa shape index (κ2) is 8.56. The predicted molar refractivity (Wildman–Crippen MR) is 103 cm³/mol. The third-order valence-corrected chi connectivity index (χ3v) is 4.60. The summed E-state index contributed by atoms with van der Waals surface area (Å²) in [4.78, 5) is 37.8. The van der Waals surface area contributed by atoms with Gasteiger partial charge in [0.15, 0.2) is 6.10 Å². The molecule has 0 saturated heterocycles. The third kappa shape index (κ3) is 4.49. The van der Waals surface area contributed by atoms with Crippen LogP contribution in [0.1, 0.15) is 12.5 Å². The number of nitrogens with zero attached hydrogens (tertiary/aromatic N) is 1. The summed E-state index contributed by atoms with van der Waals surface area (Å²) in [5, 5.41) is 12.1. The molecule has 0 bridgehead atoms. The molecule has 0 spiro atoms. The molecule has 0 radical (unpaired) electrons. The zero-order valence-corrected chi connectivity index (χ0v) is 15.5. The molecule has 0 aliphatic carbocycles. The maximum absolute atomic E-state index is 12.4. The van der Waals surface area contributed by atoms with Gasteiger partial charge in [0, 0.05) is 6.54 Å². The van der Waals surface area contributed by atoms with E-state index >= 15 is 0 Å². The predicted octanol–water partition coefficient (Wildman–Crippen LogP) is 1.86. The quantitative estimate of drug-likeness (QED) is 0.762. The summed E-state index contributed by atoms with van der Waals surface area (Å²) in [5.41, 5.74) is 1.41. The molecule has 2 unspecified atom stereocenters. The van der Waals surface area contributed by atoms with Gasteiger partial charge in [-0.15, -0.1) is 0 Å². The maximum atomic E-state index is 12.4. The Balaban J connectivity index is 1.63. The van der Waals surface area contributed by atoms with Gasteiger partial charge in [0.25, 0.3) is 5.91 Å². The number of para-hydroxylation sites is 2. The van der Waals surface area contributed by atoms with Gasteiger partial charge in [0.2, 0.25) is 5.91 Å². The van der Waals surface area contributed by atoms with Crippen molar-refractivity contribution in [1.29, 1.82) is 0 Å². The molecular formula is C21H22N2O5. The van der Waals surface area contributed by atoms with Crippen molar-refractivity contribution in [2.75, 3.05) is 18.0 Å². The van der Waals surface area contributed by atoms with Gasteiger partial charge in [-0.1, -0.05) is 42.5 Å². The number of anilines is 1. The van der Waals surface area contributed by atoms with E-state index in [0.29, 0.717) is 17.9 Å². The SMILES string of the molecule is CC1Oc2ccccc2N(CC(=O)NCC(Cc2ccccc2)C(=O)O)C1=O. The number of rotatable bonds is 7. The molecule has 3 rings (SSSR count). The first-order valence-corrected chi connectivity index (χ1v) is 9.06. The summed E-state index contributed by atoms with van der Waals surface area (Å²) in [6.07, 6.45) is -0.375. The minimum atomic E-state index is -0.981. The van der Waals surface area contributed by atoms with Gasteiger partial charge in [-0.2, -0.15) is 0 Å². The summed E-state index contributed by atoms with van der Waals surface area (Å²) in [5.74, 6) is -1.93. The Kier molecular flexibility index (Phi) is 5.93. The van der Waals surface area contributed by atoms with Crippen molar-refractivity contribution in [3.8, 4) is 5.75 Å². The number of benzene rings is 2. The highest BCUT2D eigenvalue weighted by molar-refractivity contribution is 6.03. The summed E-state index contributed by atoms with van der Waals surface area (Å²) in [6.45, 7) is 1.42. The molecule has 0 aromatic heterocycles. The number of fused-ring (bicyclic) bond motifs is 1. The fourth-order valence-electron chi connectivity index (χ4n) is 3.10. The van der Waals surface area contributed by atoms with Gasteiger partial charge >= 0.3 is 5.97 Å². The average molecular weight is 382 g/mol. The van der Waals surface area contributed by atoms with Crippen molar-refractivity contribution in [1.82, 2.24) is 5.32 Å². The number of aliphatic carboxylic acids is 1. The van der Waals surface area contributed by atoms with Crippen molar-refractivity contribution in [3.05, 3.63) is 60.2 Å². The number of hydrogen-bond acceptors (Lipinski definition) is 4. The van der Waals surface area contributed by atoms with Gasteiger partial charge in [-0.25, -0.2) is 0 Å². The first kappa shape index (κ1) is 19.4. The molecule has 146 valence electrons. The van der Waals surface area contributed by atoms with Crippen molar-refractivity contribution >= 4 is 23.5 Å². The van der Waals surface area contributed by atoms with E-state index in [1.54, 1.807) is 31.2 Å². The minimum absolute atomic E-state index is 0.0151. The standard InChI is InChI=1S/C21H22N2O5/c1-14-20(25)23(17-9-5-6-10-18(17)28-14)13-19(24)22-12-16(21(26)27)11-15-7-3-2-4-8-15/h2-10,14,16H,11-13H2,1H3,(H,22,24)(H,26,27). The number of nitrogens with one attached hydrogen (secondary N) is 1. The first-order chi connectivity index (χ1) is 13.5. The van der Waals surface area contributed by atoms with E-state index in [1.807, 2.05) is 30.3 Å². The van der Waals surface area contributed by atoms with Crippen LogP contribution in [-0.2, 0) is 20.8 Å². The number of ether oxygens (including phenoxy) is 1. The Morgan fingerprint density at radius 3 is 2.54 bits per heavy atom. The van der Waals surface area contributed by atoms with Crippen LogP contribution < -0.4 is 15.0 Å². The monoisotopic (exact) mass is 382 g/mol. The van der Waals surface area contributed by atoms with Crippen molar-refractivity contribution in [2.24, 2.45) is 5.92 Å². The number of hydrogen-bond donors (Lipinski definition) is 2. The van der Waals surface area contributed by atoms with Crippen LogP contribution in [0.3, 0.4) is 0 Å². The number of carbonyl (C=O) groups excluding carboxylic acids is 2. The van der Waals surface area contributed by atoms with Crippen LogP contribution in [0.4, 0.5) is 5.69 Å². The number of amides is 2. The molecule has 7 nitrogen and oxygen atoms in total. The molecule has 0 saturated carbocycles. The molecule has 2 N–H and O–H groups in total. The van der Waals surface area contributed by atoms with Gasteiger partial charge in [0.1, 0.15) is 12.3 Å². The van der Waals surface area contributed by atoms with Crippen LogP contribution >= 0.6 is 0 Å². The lowest BCUT2D eigenvalue weighted by Crippen LogP contribution is -2.49. The molecule has 1 aliphatic heterocycles. The highest BCUT2D eigenvalue weighted by Crippen LogP contribution is 2.33. The zero-order valence-electron chi connectivity index (χ0n) is 15.5. The van der Waals surface area contributed by atoms with Gasteiger partial charge < -0.3 is 15.2 Å². The molecule has 7 heteroatoms. The number of carboxylic acid groups (broad SMARTS) is 1. The highest BCUT2D eigenvalue weighted by atomic mass is 16.5. The Bertz CT molecular complexity index is 868. The summed E-state index contributed by atoms with van der Waals surface area (Å²) < 4.78 is 5.55. The zero-order chi connectivity index (χ0) is 20.1. The van der Waals surface area contributed by atoms with Crippen LogP contribution in [0.15, 0.2) is 54.6 Å². The van der Waals surface area contributed by atoms with Crippen molar-refractivity contribution < 1.29 is 24.2 Å². The van der Waals surface area contributed by atoms with E-state index in [4.69, 9.17) is 4.74 Å². The number of carboxylic acids is 1. The molecule has 1 heterocycles. The highest BCUT2D eigenvalue weighted by Gasteiger charge is 2.32. The van der Waals surface area contributed by atoms with E-state index < -0.39 is 23.9 Å². The third-order valence-electron chi connectivity index (χ3n) is 4.60. The average Bonchev–Trinajstić information content (AvgIpc) is 2.69. The molecule has 0 fully saturated rings. The fraction of sp³-hybridized carbons (Fsp3) is 0.286. The van der Waals surface area contributed by atoms with E-state index in [0.717, 1.165) is 5.56 Å². The number of carbonyl (C=O) groups is 3. The Hall–Kier alpha value is -3.35. The lowest BCUT2D eigenvalue weighted by molar-refractivity contribution is -0.141. The fourth-order valence-corrected chi connectivity index (χ4v) is 3.10. The topological polar surface area (TPSA) is 95.9 Å². The summed E-state index contributed by atoms with van der Waals surface area (Å²) >= 11 is 0. The van der Waals surface area contributed by atoms with E-state index in [2.05, 4.69) is 5.32 Å². The largest absolute Gasteiger partial charge is 0.481 e. The van der Waals surface area contributed by atoms with E-state index in [-0.39, 0.29) is 19.0 Å². The molecule has 1 aliphatic rings. The van der Waals surface area contributed by atoms with Gasteiger partial charge in [-0.3, -0.25) is 19.3 Å². The van der Waals surface area contributed by atoms with E-state index in [9.17, 15) is 19.5 Å². The first-order valence-electron chi connectivity index (χ1n) is 9.06. The van der Waals surface area contributed by atoms with Crippen LogP contribution in [0.25, 0.3) is 0 Å². The second-order valence-electron chi connectivity index (χ2n) is 6.68. The molecule has 2 amide bonds. The normalized spacial score (nSPS) is 16.7. The van der Waals surface area contributed by atoms with Crippen molar-refractivity contribution in [3.63, 3.8) is 0 Å². The molecular weight excluding hydrogens is 360 g/mol. The van der Waals surface area contributed by atoms with Crippen LogP contribution in [0, 0.1) is 5.92 Å². The molecule has 2 atom stereocenters. The maximum Gasteiger partial charge on any atom is 0.308 e. The lowest BCUT2D eigenvalue weighted by Gasteiger charge is -2.32. The smallest absolute Gasteiger partial charge is 0.308 e. The summed E-state index contributed by atoms with van der Waals surface area (Å²) in [7, 11) is 0. The van der Waals surface area contributed by atoms with Crippen LogP contribution in [-0.4, -0.2) is 42.1 Å². The van der Waals surface area contributed by atoms with Crippen molar-refractivity contribution in [2.45, 2.75) is 19.4 Å². The van der Waals surface area contributed by atoms with Crippen LogP contribution in [0.2, 0.25) is 0 Å². The Morgan fingerprint density at radius 1 is 1.14 bits per heavy atom. The van der Waals surface area contributed by atoms with Crippen LogP contribution in [0.5, 0.6) is 5.75 Å². The molecule has 28 heavy (non-hydrogen) atoms. The van der Waals surface area contributed by atoms with Gasteiger partial charge in [-0.05, 0) is 31.0 Å². The molecule has 2 aromatic carbocycles. The Morgan fingerprint density at radius 2 is 1.82 bits per heavy atom. The Labute approximate surface area is 162 Å².